The Morgan fingerprint density at radius 2 is 2.05 bits per heavy atom. The normalized spacial score (nSPS) is 10.3. The van der Waals surface area contributed by atoms with E-state index in [0.29, 0.717) is 12.2 Å². The Bertz CT molecular complexity index is 605. The Morgan fingerprint density at radius 1 is 1.37 bits per heavy atom. The quantitative estimate of drug-likeness (QED) is 0.631. The second kappa shape index (κ2) is 5.25. The number of aromatic nitrogens is 3. The van der Waals surface area contributed by atoms with Crippen molar-refractivity contribution < 1.29 is 14.8 Å². The van der Waals surface area contributed by atoms with E-state index in [1.54, 1.807) is 12.1 Å². The average molecular weight is 262 g/mol. The minimum atomic E-state index is -0.966. The third kappa shape index (κ3) is 3.12. The fraction of sp³-hybridized carbons (Fsp3) is 0.182. The predicted octanol–water partition coefficient (Wildman–Crippen LogP) is 0.862. The van der Waals surface area contributed by atoms with Gasteiger partial charge in [-0.1, -0.05) is 17.3 Å². The lowest BCUT2D eigenvalue weighted by molar-refractivity contribution is -0.384. The van der Waals surface area contributed by atoms with Crippen LogP contribution in [0.2, 0.25) is 0 Å². The molecule has 8 nitrogen and oxygen atoms in total. The summed E-state index contributed by atoms with van der Waals surface area (Å²) in [6.45, 7) is 0.320. The Labute approximate surface area is 107 Å². The van der Waals surface area contributed by atoms with Crippen molar-refractivity contribution in [1.29, 1.82) is 0 Å². The maximum Gasteiger partial charge on any atom is 0.309 e. The van der Waals surface area contributed by atoms with Crippen molar-refractivity contribution >= 4 is 11.7 Å². The van der Waals surface area contributed by atoms with Crippen molar-refractivity contribution in [1.82, 2.24) is 15.0 Å². The van der Waals surface area contributed by atoms with Crippen LogP contribution in [-0.2, 0) is 17.8 Å². The van der Waals surface area contributed by atoms with E-state index in [1.807, 2.05) is 0 Å². The van der Waals surface area contributed by atoms with E-state index in [4.69, 9.17) is 5.11 Å². The van der Waals surface area contributed by atoms with Crippen LogP contribution in [0.15, 0.2) is 30.5 Å². The van der Waals surface area contributed by atoms with Crippen molar-refractivity contribution in [2.24, 2.45) is 0 Å². The summed E-state index contributed by atoms with van der Waals surface area (Å²) in [5.74, 6) is -0.966. The summed E-state index contributed by atoms with van der Waals surface area (Å²) in [5, 5.41) is 26.7. The highest BCUT2D eigenvalue weighted by atomic mass is 16.6. The van der Waals surface area contributed by atoms with E-state index >= 15 is 0 Å². The minimum absolute atomic E-state index is 0.00750. The van der Waals surface area contributed by atoms with Crippen LogP contribution in [0.1, 0.15) is 11.3 Å². The molecular weight excluding hydrogens is 252 g/mol. The molecule has 98 valence electrons. The van der Waals surface area contributed by atoms with Gasteiger partial charge >= 0.3 is 5.97 Å². The number of non-ortho nitro benzene ring substituents is 1. The highest BCUT2D eigenvalue weighted by Crippen LogP contribution is 2.13. The van der Waals surface area contributed by atoms with Crippen LogP contribution in [0.5, 0.6) is 0 Å². The number of nitro groups is 1. The Kier molecular flexibility index (Phi) is 3.51. The van der Waals surface area contributed by atoms with Gasteiger partial charge in [0.15, 0.2) is 0 Å². The van der Waals surface area contributed by atoms with Crippen LogP contribution in [-0.4, -0.2) is 31.0 Å². The number of carboxylic acids is 1. The fourth-order valence-electron chi connectivity index (χ4n) is 1.60. The van der Waals surface area contributed by atoms with Gasteiger partial charge in [-0.25, -0.2) is 4.68 Å². The largest absolute Gasteiger partial charge is 0.481 e. The summed E-state index contributed by atoms with van der Waals surface area (Å²) in [4.78, 5) is 20.7. The number of carbonyl (C=O) groups is 1. The van der Waals surface area contributed by atoms with Gasteiger partial charge in [0.05, 0.1) is 29.8 Å². The predicted molar refractivity (Wildman–Crippen MR) is 63.6 cm³/mol. The SMILES string of the molecule is O=C(O)Cc1cnnn1Cc1ccc([N+](=O)[O-])cc1. The zero-order valence-corrected chi connectivity index (χ0v) is 9.76. The molecule has 1 aromatic carbocycles. The molecule has 1 heterocycles. The first-order chi connectivity index (χ1) is 9.06. The molecule has 1 N–H and O–H groups in total. The summed E-state index contributed by atoms with van der Waals surface area (Å²) >= 11 is 0. The maximum atomic E-state index is 10.6. The molecule has 0 radical (unpaired) electrons. The summed E-state index contributed by atoms with van der Waals surface area (Å²) in [5.41, 5.74) is 1.27. The molecule has 0 fully saturated rings. The van der Waals surface area contributed by atoms with E-state index in [-0.39, 0.29) is 12.1 Å². The second-order valence-electron chi connectivity index (χ2n) is 3.88. The zero-order chi connectivity index (χ0) is 13.8. The van der Waals surface area contributed by atoms with Crippen molar-refractivity contribution in [3.63, 3.8) is 0 Å². The molecule has 0 amide bonds. The van der Waals surface area contributed by atoms with Gasteiger partial charge in [-0.05, 0) is 5.56 Å². The third-order valence-electron chi connectivity index (χ3n) is 2.51. The number of nitro benzene ring substituents is 1. The van der Waals surface area contributed by atoms with Crippen LogP contribution in [0.3, 0.4) is 0 Å². The molecule has 0 saturated heterocycles. The van der Waals surface area contributed by atoms with Crippen molar-refractivity contribution in [3.05, 3.63) is 51.8 Å². The highest BCUT2D eigenvalue weighted by Gasteiger charge is 2.10. The van der Waals surface area contributed by atoms with Gasteiger partial charge in [-0.2, -0.15) is 0 Å². The van der Waals surface area contributed by atoms with E-state index in [1.165, 1.54) is 23.0 Å². The molecule has 0 aliphatic rings. The van der Waals surface area contributed by atoms with Crippen LogP contribution < -0.4 is 0 Å². The molecule has 2 aromatic rings. The number of rotatable bonds is 5. The Hall–Kier alpha value is -2.77. The van der Waals surface area contributed by atoms with Gasteiger partial charge in [0.1, 0.15) is 0 Å². The lowest BCUT2D eigenvalue weighted by Gasteiger charge is -2.04. The number of aliphatic carboxylic acids is 1. The molecule has 0 aliphatic carbocycles. The summed E-state index contributed by atoms with van der Waals surface area (Å²) in [7, 11) is 0. The van der Waals surface area contributed by atoms with Crippen molar-refractivity contribution in [3.8, 4) is 0 Å². The molecule has 0 aliphatic heterocycles. The third-order valence-corrected chi connectivity index (χ3v) is 2.51. The van der Waals surface area contributed by atoms with E-state index in [0.717, 1.165) is 5.56 Å². The average Bonchev–Trinajstić information content (AvgIpc) is 2.76. The van der Waals surface area contributed by atoms with Gasteiger partial charge in [0, 0.05) is 12.1 Å². The number of benzene rings is 1. The smallest absolute Gasteiger partial charge is 0.309 e. The molecule has 0 bridgehead atoms. The summed E-state index contributed by atoms with van der Waals surface area (Å²) in [6, 6.07) is 5.99. The van der Waals surface area contributed by atoms with Gasteiger partial charge < -0.3 is 5.11 Å². The molecular formula is C11H10N4O4. The van der Waals surface area contributed by atoms with Crippen molar-refractivity contribution in [2.45, 2.75) is 13.0 Å². The van der Waals surface area contributed by atoms with Gasteiger partial charge in [-0.15, -0.1) is 5.10 Å². The molecule has 2 rings (SSSR count). The van der Waals surface area contributed by atoms with Crippen LogP contribution in [0.4, 0.5) is 5.69 Å². The minimum Gasteiger partial charge on any atom is -0.481 e. The van der Waals surface area contributed by atoms with Gasteiger partial charge in [0.2, 0.25) is 0 Å². The van der Waals surface area contributed by atoms with Crippen LogP contribution in [0.25, 0.3) is 0 Å². The molecule has 8 heteroatoms. The second-order valence-corrected chi connectivity index (χ2v) is 3.88. The fourth-order valence-corrected chi connectivity index (χ4v) is 1.60. The summed E-state index contributed by atoms with van der Waals surface area (Å²) in [6.07, 6.45) is 1.22. The topological polar surface area (TPSA) is 111 Å². The monoisotopic (exact) mass is 262 g/mol. The first kappa shape index (κ1) is 12.7. The zero-order valence-electron chi connectivity index (χ0n) is 9.76. The lowest BCUT2D eigenvalue weighted by Crippen LogP contribution is -2.10. The van der Waals surface area contributed by atoms with Crippen LogP contribution in [0, 0.1) is 10.1 Å². The molecule has 1 aromatic heterocycles. The highest BCUT2D eigenvalue weighted by molar-refractivity contribution is 5.69. The maximum absolute atomic E-state index is 10.6. The Morgan fingerprint density at radius 3 is 2.63 bits per heavy atom. The number of hydrogen-bond donors (Lipinski definition) is 1. The van der Waals surface area contributed by atoms with Gasteiger partial charge in [0.25, 0.3) is 5.69 Å². The van der Waals surface area contributed by atoms with E-state index < -0.39 is 10.9 Å². The standard InChI is InChI=1S/C11H10N4O4/c16-11(17)5-10-6-12-13-14(10)7-8-1-3-9(4-2-8)15(18)19/h1-4,6H,5,7H2,(H,16,17). The molecule has 0 saturated carbocycles. The first-order valence-electron chi connectivity index (χ1n) is 5.39. The molecule has 0 unspecified atom stereocenters. The first-order valence-corrected chi connectivity index (χ1v) is 5.39. The van der Waals surface area contributed by atoms with Crippen LogP contribution >= 0.6 is 0 Å². The van der Waals surface area contributed by atoms with Gasteiger partial charge in [-0.3, -0.25) is 14.9 Å². The Balaban J connectivity index is 2.15. The molecule has 0 atom stereocenters. The number of nitrogens with zero attached hydrogens (tertiary/aromatic N) is 4. The summed E-state index contributed by atoms with van der Waals surface area (Å²) < 4.78 is 1.45. The molecule has 0 spiro atoms. The number of hydrogen-bond acceptors (Lipinski definition) is 5. The van der Waals surface area contributed by atoms with E-state index in [2.05, 4.69) is 10.3 Å². The molecule has 19 heavy (non-hydrogen) atoms. The van der Waals surface area contributed by atoms with E-state index in [9.17, 15) is 14.9 Å². The number of carboxylic acid groups (broad SMARTS) is 1. The lowest BCUT2D eigenvalue weighted by atomic mass is 10.2. The van der Waals surface area contributed by atoms with Crippen molar-refractivity contribution in [2.75, 3.05) is 0 Å².